The Morgan fingerprint density at radius 2 is 1.78 bits per heavy atom. The van der Waals surface area contributed by atoms with Gasteiger partial charge in [-0.25, -0.2) is 14.3 Å². The largest absolute Gasteiger partial charge is 0.457 e. The lowest BCUT2D eigenvalue weighted by Crippen LogP contribution is -2.60. The van der Waals surface area contributed by atoms with E-state index in [0.717, 1.165) is 4.57 Å². The van der Waals surface area contributed by atoms with Crippen molar-refractivity contribution >= 4 is 29.6 Å². The third kappa shape index (κ3) is 9.25. The van der Waals surface area contributed by atoms with E-state index in [2.05, 4.69) is 4.98 Å². The molecule has 0 amide bonds. The Labute approximate surface area is 295 Å². The summed E-state index contributed by atoms with van der Waals surface area (Å²) in [7, 11) is 5.20. The number of imidazole rings is 1. The Morgan fingerprint density at radius 3 is 2.32 bits per heavy atom. The smallest absolute Gasteiger partial charge is 0.420 e. The molecule has 11 atom stereocenters. The zero-order valence-electron chi connectivity index (χ0n) is 31.5. The summed E-state index contributed by atoms with van der Waals surface area (Å²) in [5.74, 6) is -5.09. The number of aromatic nitrogens is 2. The number of carbonyl (C=O) groups is 5. The molecule has 2 aliphatic rings. The van der Waals surface area contributed by atoms with Gasteiger partial charge in [-0.15, -0.1) is 0 Å². The second kappa shape index (κ2) is 16.7. The maximum atomic E-state index is 14.2. The number of likely N-dealkylation sites (N-methyl/N-ethyl adjacent to an activating group) is 1. The van der Waals surface area contributed by atoms with Gasteiger partial charge < -0.3 is 33.3 Å². The van der Waals surface area contributed by atoms with Crippen LogP contribution in [0.3, 0.4) is 0 Å². The summed E-state index contributed by atoms with van der Waals surface area (Å²) < 4.78 is 37.7. The van der Waals surface area contributed by atoms with Crippen LogP contribution >= 0.6 is 0 Å². The summed E-state index contributed by atoms with van der Waals surface area (Å²) in [6.45, 7) is 14.6. The normalized spacial score (nSPS) is 36.3. The second-order valence-electron chi connectivity index (χ2n) is 14.3. The monoisotopic (exact) mass is 705 g/mol. The highest BCUT2D eigenvalue weighted by Crippen LogP contribution is 2.38. The molecule has 280 valence electrons. The molecule has 3 heterocycles. The number of rotatable bonds is 7. The van der Waals surface area contributed by atoms with Crippen molar-refractivity contribution in [3.05, 3.63) is 30.4 Å². The molecule has 0 saturated carbocycles. The lowest BCUT2D eigenvalue weighted by atomic mass is 9.77. The van der Waals surface area contributed by atoms with Crippen LogP contribution in [0, 0.1) is 17.8 Å². The zero-order valence-corrected chi connectivity index (χ0v) is 31.5. The van der Waals surface area contributed by atoms with E-state index in [1.807, 2.05) is 25.9 Å². The first-order valence-electron chi connectivity index (χ1n) is 17.2. The van der Waals surface area contributed by atoms with E-state index in [1.165, 1.54) is 45.8 Å². The van der Waals surface area contributed by atoms with E-state index < -0.39 is 77.4 Å². The molecular formula is C36H55N3O11. The Kier molecular flexibility index (Phi) is 13.7. The molecule has 0 radical (unpaired) electrons. The molecule has 0 spiro atoms. The molecule has 1 aromatic rings. The van der Waals surface area contributed by atoms with E-state index in [-0.39, 0.29) is 36.3 Å². The van der Waals surface area contributed by atoms with Crippen LogP contribution in [0.4, 0.5) is 4.79 Å². The number of ether oxygens (including phenoxy) is 6. The third-order valence-corrected chi connectivity index (χ3v) is 9.93. The van der Waals surface area contributed by atoms with E-state index in [0.29, 0.717) is 6.42 Å². The lowest BCUT2D eigenvalue weighted by molar-refractivity contribution is -0.297. The van der Waals surface area contributed by atoms with Crippen LogP contribution in [0.15, 0.2) is 30.4 Å². The predicted molar refractivity (Wildman–Crippen MR) is 181 cm³/mol. The fraction of sp³-hybridized carbons (Fsp3) is 0.722. The van der Waals surface area contributed by atoms with Gasteiger partial charge in [0.2, 0.25) is 0 Å². The van der Waals surface area contributed by atoms with Crippen molar-refractivity contribution in [3.8, 4) is 0 Å². The van der Waals surface area contributed by atoms with E-state index in [4.69, 9.17) is 28.4 Å². The molecule has 1 fully saturated rings. The number of nitrogens with zero attached hydrogens (tertiary/aromatic N) is 3. The van der Waals surface area contributed by atoms with Crippen molar-refractivity contribution < 1.29 is 52.4 Å². The van der Waals surface area contributed by atoms with Gasteiger partial charge in [-0.1, -0.05) is 20.8 Å². The lowest BCUT2D eigenvalue weighted by Gasteiger charge is -2.47. The van der Waals surface area contributed by atoms with Crippen molar-refractivity contribution in [1.82, 2.24) is 14.5 Å². The minimum atomic E-state index is -1.59. The van der Waals surface area contributed by atoms with Gasteiger partial charge in [0.15, 0.2) is 29.6 Å². The summed E-state index contributed by atoms with van der Waals surface area (Å²) in [6, 6.07) is -0.267. The number of esters is 2. The van der Waals surface area contributed by atoms with Crippen LogP contribution in [0.2, 0.25) is 0 Å². The average Bonchev–Trinajstić information content (AvgIpc) is 3.60. The summed E-state index contributed by atoms with van der Waals surface area (Å²) in [5, 5.41) is 0. The Bertz CT molecular complexity index is 1410. The first-order valence-corrected chi connectivity index (χ1v) is 17.2. The maximum Gasteiger partial charge on any atom is 0.420 e. The van der Waals surface area contributed by atoms with Crippen molar-refractivity contribution in [3.63, 3.8) is 0 Å². The van der Waals surface area contributed by atoms with Crippen molar-refractivity contribution in [2.45, 2.75) is 130 Å². The highest BCUT2D eigenvalue weighted by molar-refractivity contribution is 6.00. The van der Waals surface area contributed by atoms with Crippen molar-refractivity contribution in [1.29, 1.82) is 0 Å². The molecule has 1 saturated heterocycles. The van der Waals surface area contributed by atoms with E-state index in [9.17, 15) is 24.0 Å². The van der Waals surface area contributed by atoms with Gasteiger partial charge in [-0.2, -0.15) is 0 Å². The molecule has 0 aromatic carbocycles. The predicted octanol–water partition coefficient (Wildman–Crippen LogP) is 4.13. The summed E-state index contributed by atoms with van der Waals surface area (Å²) in [5.41, 5.74) is -2.62. The molecule has 14 heteroatoms. The van der Waals surface area contributed by atoms with Crippen molar-refractivity contribution in [2.75, 3.05) is 21.2 Å². The number of allylic oxidation sites excluding steroid dienone is 1. The Morgan fingerprint density at radius 1 is 1.12 bits per heavy atom. The number of methoxy groups -OCH3 is 1. The molecule has 14 nitrogen and oxygen atoms in total. The SMILES string of the molecule is CC[C@H]1OC(=O)[C@H](C)C(=O)[C@H](C)C(OC2O[C@H](C)CC(N(C)C)C2OC(C)=O)C(C)(OC)C[C@@H](C)C(=O)C(C)=CC1(C)OC(=O)n1ccnc1. The average molecular weight is 706 g/mol. The number of hydrogen-bond acceptors (Lipinski definition) is 13. The van der Waals surface area contributed by atoms with Crippen LogP contribution < -0.4 is 0 Å². The molecule has 0 bridgehead atoms. The highest BCUT2D eigenvalue weighted by atomic mass is 16.7. The van der Waals surface area contributed by atoms with Gasteiger partial charge in [0.25, 0.3) is 0 Å². The van der Waals surface area contributed by atoms with Crippen LogP contribution in [0.25, 0.3) is 0 Å². The van der Waals surface area contributed by atoms with Crippen LogP contribution in [0.1, 0.15) is 81.6 Å². The number of ketones is 2. The van der Waals surface area contributed by atoms with Gasteiger partial charge >= 0.3 is 18.0 Å². The molecule has 0 aliphatic carbocycles. The van der Waals surface area contributed by atoms with E-state index >= 15 is 0 Å². The summed E-state index contributed by atoms with van der Waals surface area (Å²) >= 11 is 0. The second-order valence-corrected chi connectivity index (χ2v) is 14.3. The molecule has 6 unspecified atom stereocenters. The standard InChI is InChI=1S/C36H55N3O11/c1-13-27-35(8,50-34(44)39-15-14-37-19-39)17-20(2)28(41)21(3)18-36(9,45-12)31(23(5)29(42)24(6)32(43)48-27)49-33-30(47-25(7)40)26(38(10)11)16-22(4)46-33/h14-15,17,19,21-24,26-27,30-31,33H,13,16,18H2,1-12H3/t21-,22-,23+,24-,26?,27-,30?,31?,33?,35?,36?/m1/s1. The van der Waals surface area contributed by atoms with Gasteiger partial charge in [-0.05, 0) is 79.6 Å². The molecule has 2 aliphatic heterocycles. The van der Waals surface area contributed by atoms with Gasteiger partial charge in [0.05, 0.1) is 23.9 Å². The first kappa shape index (κ1) is 41.0. The van der Waals surface area contributed by atoms with Crippen LogP contribution in [0.5, 0.6) is 0 Å². The Hall–Kier alpha value is -3.46. The quantitative estimate of drug-likeness (QED) is 0.226. The fourth-order valence-corrected chi connectivity index (χ4v) is 7.10. The molecule has 3 rings (SSSR count). The van der Waals surface area contributed by atoms with Gasteiger partial charge in [0.1, 0.15) is 18.3 Å². The number of cyclic esters (lactones) is 1. The first-order chi connectivity index (χ1) is 23.3. The van der Waals surface area contributed by atoms with Gasteiger partial charge in [0, 0.05) is 38.3 Å². The Balaban J connectivity index is 2.14. The topological polar surface area (TPSA) is 162 Å². The van der Waals surface area contributed by atoms with Crippen LogP contribution in [-0.2, 0) is 47.6 Å². The molecule has 1 aromatic heterocycles. The van der Waals surface area contributed by atoms with E-state index in [1.54, 1.807) is 41.5 Å². The van der Waals surface area contributed by atoms with Crippen molar-refractivity contribution in [2.24, 2.45) is 17.8 Å². The minimum absolute atomic E-state index is 0.0922. The third-order valence-electron chi connectivity index (χ3n) is 9.93. The molecule has 50 heavy (non-hydrogen) atoms. The number of carbonyl (C=O) groups excluding carboxylic acids is 5. The highest BCUT2D eigenvalue weighted by Gasteiger charge is 2.51. The summed E-state index contributed by atoms with van der Waals surface area (Å²) in [6.07, 6.45) is 1.25. The zero-order chi connectivity index (χ0) is 37.7. The number of Topliss-reactive ketones (excluding diaryl/α,β-unsaturated/α-hetero) is 2. The number of hydrogen-bond donors (Lipinski definition) is 0. The van der Waals surface area contributed by atoms with Gasteiger partial charge in [-0.3, -0.25) is 19.2 Å². The minimum Gasteiger partial charge on any atom is -0.457 e. The fourth-order valence-electron chi connectivity index (χ4n) is 7.10. The molecular weight excluding hydrogens is 650 g/mol. The maximum absolute atomic E-state index is 14.2. The van der Waals surface area contributed by atoms with Crippen LogP contribution in [-0.4, -0.2) is 113 Å². The molecule has 0 N–H and O–H groups in total. The summed E-state index contributed by atoms with van der Waals surface area (Å²) in [4.78, 5) is 73.2.